The highest BCUT2D eigenvalue weighted by molar-refractivity contribution is 5.58. The van der Waals surface area contributed by atoms with Gasteiger partial charge in [-0.1, -0.05) is 0 Å². The zero-order chi connectivity index (χ0) is 13.3. The monoisotopic (exact) mass is 250 g/mol. The number of hydrogen-bond donors (Lipinski definition) is 5. The van der Waals surface area contributed by atoms with E-state index in [-0.39, 0.29) is 23.0 Å². The summed E-state index contributed by atoms with van der Waals surface area (Å²) >= 11 is 0. The zero-order valence-corrected chi connectivity index (χ0v) is 9.03. The van der Waals surface area contributed by atoms with Crippen LogP contribution in [0.25, 0.3) is 0 Å². The average Bonchev–Trinajstić information content (AvgIpc) is 2.33. The Bertz CT molecular complexity index is 593. The molecule has 0 bridgehead atoms. The summed E-state index contributed by atoms with van der Waals surface area (Å²) in [5, 5.41) is 46.5. The summed E-state index contributed by atoms with van der Waals surface area (Å²) in [4.78, 5) is 0. The second kappa shape index (κ2) is 4.25. The van der Waals surface area contributed by atoms with Crippen molar-refractivity contribution in [3.63, 3.8) is 0 Å². The van der Waals surface area contributed by atoms with Gasteiger partial charge < -0.3 is 30.3 Å². The maximum absolute atomic E-state index is 9.52. The van der Waals surface area contributed by atoms with E-state index in [4.69, 9.17) is 14.9 Å². The van der Waals surface area contributed by atoms with Crippen molar-refractivity contribution in [2.45, 2.75) is 0 Å². The second-order valence-electron chi connectivity index (χ2n) is 3.53. The Morgan fingerprint density at radius 1 is 0.667 bits per heavy atom. The highest BCUT2D eigenvalue weighted by atomic mass is 16.5. The molecule has 0 aliphatic heterocycles. The third-order valence-electron chi connectivity index (χ3n) is 2.26. The lowest BCUT2D eigenvalue weighted by Gasteiger charge is -2.10. The summed E-state index contributed by atoms with van der Waals surface area (Å²) in [5.74, 6) is -2.50. The molecular formula is C12H10O6. The molecule has 0 saturated carbocycles. The van der Waals surface area contributed by atoms with Crippen LogP contribution in [0.15, 0.2) is 30.3 Å². The highest BCUT2D eigenvalue weighted by Gasteiger charge is 2.14. The van der Waals surface area contributed by atoms with Gasteiger partial charge in [0.15, 0.2) is 23.0 Å². The Morgan fingerprint density at radius 3 is 2.00 bits per heavy atom. The molecule has 6 nitrogen and oxygen atoms in total. The van der Waals surface area contributed by atoms with Gasteiger partial charge in [-0.2, -0.15) is 0 Å². The topological polar surface area (TPSA) is 110 Å². The fourth-order valence-corrected chi connectivity index (χ4v) is 1.34. The molecular weight excluding hydrogens is 240 g/mol. The number of aromatic hydroxyl groups is 5. The number of ether oxygens (including phenoxy) is 1. The number of phenolic OH excluding ortho intramolecular Hbond substituents is 5. The zero-order valence-electron chi connectivity index (χ0n) is 9.03. The van der Waals surface area contributed by atoms with E-state index in [1.807, 2.05) is 0 Å². The van der Waals surface area contributed by atoms with Crippen LogP contribution >= 0.6 is 0 Å². The minimum Gasteiger partial charge on any atom is -0.508 e. The molecule has 0 heterocycles. The molecule has 2 rings (SSSR count). The number of rotatable bonds is 2. The highest BCUT2D eigenvalue weighted by Crippen LogP contribution is 2.44. The quantitative estimate of drug-likeness (QED) is 0.521. The molecule has 0 radical (unpaired) electrons. The van der Waals surface area contributed by atoms with Gasteiger partial charge >= 0.3 is 0 Å². The molecule has 0 aliphatic rings. The first-order valence-electron chi connectivity index (χ1n) is 4.92. The van der Waals surface area contributed by atoms with E-state index in [9.17, 15) is 15.3 Å². The maximum Gasteiger partial charge on any atom is 0.205 e. The fourth-order valence-electron chi connectivity index (χ4n) is 1.34. The summed E-state index contributed by atoms with van der Waals surface area (Å²) in [6, 6.07) is 5.98. The summed E-state index contributed by atoms with van der Waals surface area (Å²) in [6.07, 6.45) is 0. The van der Waals surface area contributed by atoms with Crippen molar-refractivity contribution in [2.24, 2.45) is 0 Å². The summed E-state index contributed by atoms with van der Waals surface area (Å²) in [5.41, 5.74) is 0. The Kier molecular flexibility index (Phi) is 2.77. The smallest absolute Gasteiger partial charge is 0.205 e. The van der Waals surface area contributed by atoms with Crippen molar-refractivity contribution in [2.75, 3.05) is 0 Å². The van der Waals surface area contributed by atoms with E-state index < -0.39 is 17.2 Å². The minimum absolute atomic E-state index is 0.0202. The van der Waals surface area contributed by atoms with Crippen molar-refractivity contribution >= 4 is 0 Å². The van der Waals surface area contributed by atoms with Crippen LogP contribution < -0.4 is 4.74 Å². The Labute approximate surface area is 102 Å². The van der Waals surface area contributed by atoms with Crippen molar-refractivity contribution in [3.8, 4) is 40.2 Å². The van der Waals surface area contributed by atoms with Crippen LogP contribution in [0.4, 0.5) is 0 Å². The van der Waals surface area contributed by atoms with Crippen LogP contribution in [0.5, 0.6) is 40.2 Å². The first-order chi connectivity index (χ1) is 8.49. The van der Waals surface area contributed by atoms with Crippen LogP contribution in [0.3, 0.4) is 0 Å². The SMILES string of the molecule is Oc1ccc(Oc2ccc(O)c(O)c2O)c(O)c1. The van der Waals surface area contributed by atoms with E-state index in [0.717, 1.165) is 12.1 Å². The van der Waals surface area contributed by atoms with E-state index in [1.165, 1.54) is 18.2 Å². The summed E-state index contributed by atoms with van der Waals surface area (Å²) < 4.78 is 5.15. The number of hydrogen-bond acceptors (Lipinski definition) is 6. The Hall–Kier alpha value is -2.76. The molecule has 2 aromatic rings. The lowest BCUT2D eigenvalue weighted by atomic mass is 10.2. The van der Waals surface area contributed by atoms with E-state index >= 15 is 0 Å². The normalized spacial score (nSPS) is 10.2. The van der Waals surface area contributed by atoms with E-state index in [1.54, 1.807) is 0 Å². The molecule has 0 amide bonds. The lowest BCUT2D eigenvalue weighted by molar-refractivity contribution is 0.343. The molecule has 18 heavy (non-hydrogen) atoms. The van der Waals surface area contributed by atoms with Gasteiger partial charge in [0, 0.05) is 6.07 Å². The Balaban J connectivity index is 2.37. The molecule has 94 valence electrons. The summed E-state index contributed by atoms with van der Waals surface area (Å²) in [7, 11) is 0. The van der Waals surface area contributed by atoms with Crippen LogP contribution in [-0.2, 0) is 0 Å². The molecule has 2 aromatic carbocycles. The second-order valence-corrected chi connectivity index (χ2v) is 3.53. The van der Waals surface area contributed by atoms with Gasteiger partial charge in [-0.15, -0.1) is 0 Å². The van der Waals surface area contributed by atoms with Gasteiger partial charge in [0.1, 0.15) is 5.75 Å². The van der Waals surface area contributed by atoms with E-state index in [2.05, 4.69) is 0 Å². The van der Waals surface area contributed by atoms with Gasteiger partial charge in [-0.05, 0) is 24.3 Å². The van der Waals surface area contributed by atoms with Crippen molar-refractivity contribution in [1.82, 2.24) is 0 Å². The van der Waals surface area contributed by atoms with Gasteiger partial charge in [0.2, 0.25) is 11.5 Å². The molecule has 0 unspecified atom stereocenters. The average molecular weight is 250 g/mol. The third-order valence-corrected chi connectivity index (χ3v) is 2.26. The largest absolute Gasteiger partial charge is 0.508 e. The standard InChI is InChI=1S/C12H10O6/c13-6-1-3-9(8(15)5-6)18-10-4-2-7(14)11(16)12(10)17/h1-5,13-17H. The van der Waals surface area contributed by atoms with Crippen LogP contribution in [0.2, 0.25) is 0 Å². The predicted octanol–water partition coefficient (Wildman–Crippen LogP) is 2.01. The Morgan fingerprint density at radius 2 is 1.33 bits per heavy atom. The third kappa shape index (κ3) is 2.03. The van der Waals surface area contributed by atoms with Crippen molar-refractivity contribution in [1.29, 1.82) is 0 Å². The predicted molar refractivity (Wildman–Crippen MR) is 61.3 cm³/mol. The molecule has 0 aliphatic carbocycles. The van der Waals surface area contributed by atoms with Gasteiger partial charge in [-0.25, -0.2) is 0 Å². The maximum atomic E-state index is 9.52. The van der Waals surface area contributed by atoms with Crippen LogP contribution in [0.1, 0.15) is 0 Å². The molecule has 6 heteroatoms. The summed E-state index contributed by atoms with van der Waals surface area (Å²) in [6.45, 7) is 0. The first kappa shape index (κ1) is 11.7. The molecule has 5 N–H and O–H groups in total. The molecule has 0 spiro atoms. The van der Waals surface area contributed by atoms with Gasteiger partial charge in [0.05, 0.1) is 0 Å². The molecule has 0 aromatic heterocycles. The fraction of sp³-hybridized carbons (Fsp3) is 0. The number of phenols is 5. The molecule has 0 fully saturated rings. The van der Waals surface area contributed by atoms with E-state index in [0.29, 0.717) is 0 Å². The molecule has 0 atom stereocenters. The lowest BCUT2D eigenvalue weighted by Crippen LogP contribution is -1.86. The van der Waals surface area contributed by atoms with Gasteiger partial charge in [-0.3, -0.25) is 0 Å². The molecule has 0 saturated heterocycles. The number of benzene rings is 2. The van der Waals surface area contributed by atoms with Crippen LogP contribution in [-0.4, -0.2) is 25.5 Å². The minimum atomic E-state index is -0.717. The van der Waals surface area contributed by atoms with Crippen molar-refractivity contribution in [3.05, 3.63) is 30.3 Å². The first-order valence-corrected chi connectivity index (χ1v) is 4.92. The van der Waals surface area contributed by atoms with Crippen LogP contribution in [0, 0.1) is 0 Å². The van der Waals surface area contributed by atoms with Gasteiger partial charge in [0.25, 0.3) is 0 Å². The van der Waals surface area contributed by atoms with Crippen molar-refractivity contribution < 1.29 is 30.3 Å².